The summed E-state index contributed by atoms with van der Waals surface area (Å²) in [6.07, 6.45) is 0.671. The molecule has 0 fully saturated rings. The lowest BCUT2D eigenvalue weighted by atomic mass is 10.1. The molecule has 136 valence electrons. The third-order valence-corrected chi connectivity index (χ3v) is 5.85. The number of rotatable bonds is 5. The first-order valence-corrected chi connectivity index (χ1v) is 9.25. The largest absolute Gasteiger partial charge is 0.497 e. The van der Waals surface area contributed by atoms with Crippen LogP contribution in [0.25, 0.3) is 0 Å². The van der Waals surface area contributed by atoms with E-state index in [9.17, 15) is 9.59 Å². The van der Waals surface area contributed by atoms with Crippen LogP contribution in [0.3, 0.4) is 0 Å². The van der Waals surface area contributed by atoms with Crippen LogP contribution in [0.15, 0.2) is 53.4 Å². The number of nitrogens with one attached hydrogen (secondary N) is 1. The number of anilines is 1. The highest BCUT2D eigenvalue weighted by atomic mass is 32.2. The molecule has 0 aromatic heterocycles. The van der Waals surface area contributed by atoms with E-state index >= 15 is 0 Å². The van der Waals surface area contributed by atoms with E-state index in [1.165, 1.54) is 11.8 Å². The number of hydrogen-bond donors (Lipinski definition) is 1. The van der Waals surface area contributed by atoms with Crippen LogP contribution in [0, 0.1) is 0 Å². The van der Waals surface area contributed by atoms with Gasteiger partial charge in [0.2, 0.25) is 5.91 Å². The Balaban J connectivity index is 1.68. The molecule has 1 N–H and O–H groups in total. The number of hydrogen-bond acceptors (Lipinski definition) is 4. The molecule has 6 heteroatoms. The van der Waals surface area contributed by atoms with Crippen molar-refractivity contribution in [3.63, 3.8) is 0 Å². The first-order chi connectivity index (χ1) is 12.5. The average molecular weight is 370 g/mol. The van der Waals surface area contributed by atoms with Gasteiger partial charge in [-0.05, 0) is 43.2 Å². The second kappa shape index (κ2) is 7.41. The Labute approximate surface area is 157 Å². The van der Waals surface area contributed by atoms with Gasteiger partial charge in [-0.2, -0.15) is 0 Å². The fourth-order valence-corrected chi connectivity index (χ4v) is 4.26. The number of ether oxygens (including phenoxy) is 1. The van der Waals surface area contributed by atoms with Gasteiger partial charge >= 0.3 is 0 Å². The summed E-state index contributed by atoms with van der Waals surface area (Å²) in [5, 5.41) is 2.91. The van der Waals surface area contributed by atoms with Crippen LogP contribution in [0.4, 0.5) is 5.69 Å². The number of benzene rings is 2. The van der Waals surface area contributed by atoms with Crippen LogP contribution < -0.4 is 15.0 Å². The highest BCUT2D eigenvalue weighted by Crippen LogP contribution is 2.44. The van der Waals surface area contributed by atoms with E-state index in [-0.39, 0.29) is 11.8 Å². The van der Waals surface area contributed by atoms with Crippen molar-refractivity contribution in [2.45, 2.75) is 23.0 Å². The van der Waals surface area contributed by atoms with Crippen LogP contribution >= 0.6 is 11.8 Å². The van der Waals surface area contributed by atoms with Gasteiger partial charge in [-0.1, -0.05) is 36.0 Å². The fraction of sp³-hybridized carbons (Fsp3) is 0.300. The molecular weight excluding hydrogens is 348 g/mol. The Morgan fingerprint density at radius 3 is 2.77 bits per heavy atom. The van der Waals surface area contributed by atoms with Gasteiger partial charge in [0, 0.05) is 18.5 Å². The number of thioether (sulfide) groups is 1. The smallest absolute Gasteiger partial charge is 0.252 e. The summed E-state index contributed by atoms with van der Waals surface area (Å²) in [5.41, 5.74) is 1.91. The molecule has 1 atom stereocenters. The van der Waals surface area contributed by atoms with E-state index in [1.807, 2.05) is 48.5 Å². The van der Waals surface area contributed by atoms with Crippen molar-refractivity contribution < 1.29 is 14.3 Å². The van der Waals surface area contributed by atoms with Gasteiger partial charge in [0.05, 0.1) is 12.8 Å². The van der Waals surface area contributed by atoms with Gasteiger partial charge in [-0.25, -0.2) is 0 Å². The molecule has 1 unspecified atom stereocenters. The zero-order valence-corrected chi connectivity index (χ0v) is 15.9. The van der Waals surface area contributed by atoms with Crippen LogP contribution in [0.1, 0.15) is 12.5 Å². The summed E-state index contributed by atoms with van der Waals surface area (Å²) in [6.45, 7) is 2.15. The predicted octanol–water partition coefficient (Wildman–Crippen LogP) is 2.88. The summed E-state index contributed by atoms with van der Waals surface area (Å²) in [6, 6.07) is 15.4. The zero-order chi connectivity index (χ0) is 18.7. The van der Waals surface area contributed by atoms with Gasteiger partial charge in [-0.15, -0.1) is 0 Å². The molecule has 0 spiro atoms. The number of methoxy groups -OCH3 is 1. The summed E-state index contributed by atoms with van der Waals surface area (Å²) in [4.78, 5) is 28.1. The maximum absolute atomic E-state index is 12.8. The fourth-order valence-electron chi connectivity index (χ4n) is 2.97. The van der Waals surface area contributed by atoms with Crippen LogP contribution in [0.5, 0.6) is 5.75 Å². The van der Waals surface area contributed by atoms with E-state index in [2.05, 4.69) is 5.32 Å². The molecular formula is C20H22N2O3S. The topological polar surface area (TPSA) is 58.6 Å². The number of fused-ring (bicyclic) bond motifs is 1. The summed E-state index contributed by atoms with van der Waals surface area (Å²) >= 11 is 1.31. The van der Waals surface area contributed by atoms with E-state index < -0.39 is 4.75 Å². The Hall–Kier alpha value is -2.47. The Morgan fingerprint density at radius 1 is 1.23 bits per heavy atom. The molecule has 26 heavy (non-hydrogen) atoms. The van der Waals surface area contributed by atoms with E-state index in [0.717, 1.165) is 21.9 Å². The van der Waals surface area contributed by atoms with Gasteiger partial charge in [0.1, 0.15) is 5.75 Å². The van der Waals surface area contributed by atoms with Crippen LogP contribution in [-0.4, -0.2) is 37.3 Å². The lowest BCUT2D eigenvalue weighted by Crippen LogP contribution is -2.55. The quantitative estimate of drug-likeness (QED) is 0.823. The molecule has 2 amide bonds. The first kappa shape index (κ1) is 18.3. The Bertz CT molecular complexity index is 839. The monoisotopic (exact) mass is 370 g/mol. The maximum atomic E-state index is 12.8. The normalized spacial score (nSPS) is 19.0. The standard InChI is InChI=1S/C20H22N2O3S/c1-20(19(24)22(2)16-9-4-5-10-17(16)26-20)18(23)21-12-11-14-7-6-8-15(13-14)25-3/h4-10,13H,11-12H2,1-3H3,(H,21,23). The van der Waals surface area contributed by atoms with E-state index in [0.29, 0.717) is 13.0 Å². The highest BCUT2D eigenvalue weighted by molar-refractivity contribution is 8.02. The Kier molecular flexibility index (Phi) is 5.23. The van der Waals surface area contributed by atoms with Crippen LogP contribution in [-0.2, 0) is 16.0 Å². The molecule has 2 aromatic carbocycles. The Morgan fingerprint density at radius 2 is 2.00 bits per heavy atom. The van der Waals surface area contributed by atoms with E-state index in [1.54, 1.807) is 26.0 Å². The minimum atomic E-state index is -1.17. The maximum Gasteiger partial charge on any atom is 0.252 e. The second-order valence-electron chi connectivity index (χ2n) is 6.32. The summed E-state index contributed by atoms with van der Waals surface area (Å²) in [5.74, 6) is 0.314. The molecule has 1 heterocycles. The average Bonchev–Trinajstić information content (AvgIpc) is 2.66. The minimum Gasteiger partial charge on any atom is -0.497 e. The number of carbonyl (C=O) groups excluding carboxylic acids is 2. The molecule has 0 saturated carbocycles. The zero-order valence-electron chi connectivity index (χ0n) is 15.1. The molecule has 0 radical (unpaired) electrons. The molecule has 5 nitrogen and oxygen atoms in total. The number of amides is 2. The minimum absolute atomic E-state index is 0.208. The van der Waals surface area contributed by atoms with E-state index in [4.69, 9.17) is 4.74 Å². The number of nitrogens with zero attached hydrogens (tertiary/aromatic N) is 1. The van der Waals surface area contributed by atoms with Crippen molar-refractivity contribution in [2.75, 3.05) is 25.6 Å². The highest BCUT2D eigenvalue weighted by Gasteiger charge is 2.48. The lowest BCUT2D eigenvalue weighted by molar-refractivity contribution is -0.131. The molecule has 1 aliphatic rings. The van der Waals surface area contributed by atoms with Gasteiger partial charge < -0.3 is 15.0 Å². The summed E-state index contributed by atoms with van der Waals surface area (Å²) in [7, 11) is 3.34. The third kappa shape index (κ3) is 3.42. The van der Waals surface area contributed by atoms with Crippen LogP contribution in [0.2, 0.25) is 0 Å². The van der Waals surface area contributed by atoms with Gasteiger partial charge in [-0.3, -0.25) is 9.59 Å². The number of carbonyl (C=O) groups is 2. The van der Waals surface area contributed by atoms with Gasteiger partial charge in [0.25, 0.3) is 5.91 Å². The number of para-hydroxylation sites is 1. The van der Waals surface area contributed by atoms with Crippen molar-refractivity contribution in [3.8, 4) is 5.75 Å². The molecule has 0 saturated heterocycles. The first-order valence-electron chi connectivity index (χ1n) is 8.43. The van der Waals surface area contributed by atoms with Gasteiger partial charge in [0.15, 0.2) is 4.75 Å². The summed E-state index contributed by atoms with van der Waals surface area (Å²) < 4.78 is 4.04. The lowest BCUT2D eigenvalue weighted by Gasteiger charge is -2.36. The molecule has 3 rings (SSSR count). The third-order valence-electron chi connectivity index (χ3n) is 4.52. The second-order valence-corrected chi connectivity index (χ2v) is 7.79. The van der Waals surface area contributed by atoms with Crippen molar-refractivity contribution >= 4 is 29.3 Å². The molecule has 2 aromatic rings. The molecule has 0 aliphatic carbocycles. The molecule has 0 bridgehead atoms. The van der Waals surface area contributed by atoms with Crippen molar-refractivity contribution in [1.29, 1.82) is 0 Å². The van der Waals surface area contributed by atoms with Crippen molar-refractivity contribution in [3.05, 3.63) is 54.1 Å². The predicted molar refractivity (Wildman–Crippen MR) is 104 cm³/mol. The van der Waals surface area contributed by atoms with Crippen molar-refractivity contribution in [1.82, 2.24) is 5.32 Å². The van der Waals surface area contributed by atoms with Crippen molar-refractivity contribution in [2.24, 2.45) is 0 Å². The molecule has 1 aliphatic heterocycles. The SMILES string of the molecule is COc1cccc(CCNC(=O)C2(C)Sc3ccccc3N(C)C2=O)c1.